The molecule has 0 aliphatic heterocycles. The van der Waals surface area contributed by atoms with Gasteiger partial charge in [0.2, 0.25) is 15.9 Å². The molecule has 1 atom stereocenters. The molecular weight excluding hydrogens is 522 g/mol. The number of halogens is 3. The lowest BCUT2D eigenvalue weighted by Gasteiger charge is -2.18. The zero-order chi connectivity index (χ0) is 25.8. The predicted molar refractivity (Wildman–Crippen MR) is 130 cm³/mol. The summed E-state index contributed by atoms with van der Waals surface area (Å²) in [7, 11) is -1.29. The summed E-state index contributed by atoms with van der Waals surface area (Å²) in [6.45, 7) is -0.621. The van der Waals surface area contributed by atoms with Crippen LogP contribution in [0.2, 0.25) is 10.0 Å². The molecule has 35 heavy (non-hydrogen) atoms. The minimum absolute atomic E-state index is 0.0821. The van der Waals surface area contributed by atoms with E-state index in [2.05, 4.69) is 10.0 Å². The Balaban J connectivity index is 1.77. The second kappa shape index (κ2) is 11.2. The molecule has 8 nitrogen and oxygen atoms in total. The first-order chi connectivity index (χ1) is 16.6. The van der Waals surface area contributed by atoms with Gasteiger partial charge in [0.25, 0.3) is 0 Å². The third-order valence-electron chi connectivity index (χ3n) is 4.93. The second-order valence-corrected chi connectivity index (χ2v) is 9.83. The highest BCUT2D eigenvalue weighted by atomic mass is 35.5. The predicted octanol–water partition coefficient (Wildman–Crippen LogP) is 4.15. The molecular formula is C23H21Cl2FN2O6S. The van der Waals surface area contributed by atoms with Crippen LogP contribution in [-0.2, 0) is 14.8 Å². The van der Waals surface area contributed by atoms with E-state index in [9.17, 15) is 22.7 Å². The zero-order valence-corrected chi connectivity index (χ0v) is 20.8. The molecule has 1 amide bonds. The number of carbonyl (C=O) groups excluding carboxylic acids is 1. The van der Waals surface area contributed by atoms with Crippen molar-refractivity contribution in [3.8, 4) is 11.5 Å². The van der Waals surface area contributed by atoms with Crippen LogP contribution in [0.25, 0.3) is 0 Å². The fourth-order valence-electron chi connectivity index (χ4n) is 3.19. The van der Waals surface area contributed by atoms with Gasteiger partial charge in [0.05, 0.1) is 25.7 Å². The monoisotopic (exact) mass is 542 g/mol. The number of sulfonamides is 1. The van der Waals surface area contributed by atoms with Crippen molar-refractivity contribution in [2.75, 3.05) is 26.1 Å². The number of carbonyl (C=O) groups is 1. The van der Waals surface area contributed by atoms with E-state index in [1.807, 2.05) is 0 Å². The van der Waals surface area contributed by atoms with Crippen LogP contribution in [0.1, 0.15) is 17.2 Å². The molecule has 12 heteroatoms. The molecule has 0 aliphatic carbocycles. The summed E-state index contributed by atoms with van der Waals surface area (Å²) in [5.74, 6) is -0.935. The number of aliphatic hydroxyl groups excluding tert-OH is 1. The molecule has 0 heterocycles. The molecule has 0 aromatic heterocycles. The van der Waals surface area contributed by atoms with Crippen LogP contribution < -0.4 is 19.5 Å². The van der Waals surface area contributed by atoms with Gasteiger partial charge < -0.3 is 19.9 Å². The molecule has 0 saturated carbocycles. The maximum Gasteiger partial charge on any atom is 0.241 e. The van der Waals surface area contributed by atoms with Gasteiger partial charge >= 0.3 is 0 Å². The summed E-state index contributed by atoms with van der Waals surface area (Å²) in [6, 6.07) is 12.0. The second-order valence-electron chi connectivity index (χ2n) is 7.19. The number of methoxy groups -OCH3 is 2. The largest absolute Gasteiger partial charge is 0.493 e. The number of nitrogens with one attached hydrogen (secondary N) is 2. The average molecular weight is 543 g/mol. The van der Waals surface area contributed by atoms with E-state index in [0.29, 0.717) is 5.75 Å². The molecule has 1 unspecified atom stereocenters. The van der Waals surface area contributed by atoms with Crippen molar-refractivity contribution >= 4 is 44.8 Å². The number of aliphatic hydroxyl groups is 1. The van der Waals surface area contributed by atoms with Crippen molar-refractivity contribution in [1.82, 2.24) is 4.72 Å². The molecule has 0 fully saturated rings. The van der Waals surface area contributed by atoms with E-state index in [1.54, 1.807) is 0 Å². The van der Waals surface area contributed by atoms with Gasteiger partial charge in [-0.2, -0.15) is 0 Å². The first-order valence-corrected chi connectivity index (χ1v) is 12.2. The van der Waals surface area contributed by atoms with Gasteiger partial charge in [0.15, 0.2) is 11.5 Å². The number of anilines is 1. The van der Waals surface area contributed by atoms with Crippen LogP contribution in [-0.4, -0.2) is 40.2 Å². The Labute approximate surface area is 211 Å². The molecule has 186 valence electrons. The maximum absolute atomic E-state index is 14.3. The van der Waals surface area contributed by atoms with Gasteiger partial charge in [-0.3, -0.25) is 4.79 Å². The molecule has 3 rings (SSSR count). The van der Waals surface area contributed by atoms with Crippen molar-refractivity contribution in [2.24, 2.45) is 0 Å². The van der Waals surface area contributed by atoms with Crippen molar-refractivity contribution < 1.29 is 32.2 Å². The molecule has 3 aromatic rings. The lowest BCUT2D eigenvalue weighted by atomic mass is 9.99. The maximum atomic E-state index is 14.3. The third kappa shape index (κ3) is 6.41. The minimum Gasteiger partial charge on any atom is -0.493 e. The lowest BCUT2D eigenvalue weighted by molar-refractivity contribution is -0.115. The van der Waals surface area contributed by atoms with Gasteiger partial charge in [0.1, 0.15) is 11.9 Å². The quantitative estimate of drug-likeness (QED) is 0.374. The van der Waals surface area contributed by atoms with Gasteiger partial charge in [-0.05, 0) is 42.5 Å². The Bertz CT molecular complexity index is 1350. The number of hydrogen-bond acceptors (Lipinski definition) is 6. The Morgan fingerprint density at radius 2 is 1.63 bits per heavy atom. The zero-order valence-electron chi connectivity index (χ0n) is 18.5. The van der Waals surface area contributed by atoms with Crippen LogP contribution in [0, 0.1) is 5.82 Å². The topological polar surface area (TPSA) is 114 Å². The van der Waals surface area contributed by atoms with E-state index in [1.165, 1.54) is 62.8 Å². The Morgan fingerprint density at radius 1 is 0.971 bits per heavy atom. The van der Waals surface area contributed by atoms with Crippen LogP contribution in [0.5, 0.6) is 11.5 Å². The van der Waals surface area contributed by atoms with Crippen LogP contribution in [0.15, 0.2) is 59.5 Å². The highest BCUT2D eigenvalue weighted by Crippen LogP contribution is 2.33. The van der Waals surface area contributed by atoms with Crippen LogP contribution >= 0.6 is 23.2 Å². The Kier molecular flexibility index (Phi) is 8.57. The highest BCUT2D eigenvalue weighted by Gasteiger charge is 2.22. The van der Waals surface area contributed by atoms with E-state index in [4.69, 9.17) is 32.7 Å². The fourth-order valence-corrected chi connectivity index (χ4v) is 4.52. The summed E-state index contributed by atoms with van der Waals surface area (Å²) in [4.78, 5) is 12.4. The molecule has 0 radical (unpaired) electrons. The normalized spacial score (nSPS) is 12.2. The van der Waals surface area contributed by atoms with E-state index in [0.717, 1.165) is 6.07 Å². The number of benzene rings is 3. The molecule has 0 aliphatic rings. The van der Waals surface area contributed by atoms with E-state index < -0.39 is 34.4 Å². The van der Waals surface area contributed by atoms with Crippen molar-refractivity contribution in [1.29, 1.82) is 0 Å². The van der Waals surface area contributed by atoms with Crippen LogP contribution in [0.3, 0.4) is 0 Å². The molecule has 0 saturated heterocycles. The average Bonchev–Trinajstić information content (AvgIpc) is 2.83. The molecule has 3 aromatic carbocycles. The van der Waals surface area contributed by atoms with E-state index >= 15 is 0 Å². The smallest absolute Gasteiger partial charge is 0.241 e. The number of rotatable bonds is 9. The molecule has 0 spiro atoms. The minimum atomic E-state index is -4.07. The first-order valence-electron chi connectivity index (χ1n) is 9.99. The first kappa shape index (κ1) is 26.7. The van der Waals surface area contributed by atoms with Gasteiger partial charge in [-0.25, -0.2) is 17.5 Å². The SMILES string of the molecule is COc1ccc(S(=O)(=O)NCC(=O)Nc2ccc(Cl)cc2C(O)c2ccc(Cl)cc2F)cc1OC. The van der Waals surface area contributed by atoms with Crippen molar-refractivity contribution in [3.63, 3.8) is 0 Å². The number of amides is 1. The summed E-state index contributed by atoms with van der Waals surface area (Å²) in [5.41, 5.74) is 0.141. The van der Waals surface area contributed by atoms with Crippen molar-refractivity contribution in [3.05, 3.63) is 81.6 Å². The van der Waals surface area contributed by atoms with Gasteiger partial charge in [0, 0.05) is 32.9 Å². The van der Waals surface area contributed by atoms with Crippen molar-refractivity contribution in [2.45, 2.75) is 11.0 Å². The van der Waals surface area contributed by atoms with Gasteiger partial charge in [-0.1, -0.05) is 29.3 Å². The Morgan fingerprint density at radius 3 is 2.29 bits per heavy atom. The summed E-state index contributed by atoms with van der Waals surface area (Å²) >= 11 is 11.8. The standard InChI is InChI=1S/C23H21Cl2FN2O6S/c1-33-20-8-5-15(11-21(20)34-2)35(31,32)27-12-22(29)28-19-7-4-13(24)9-17(19)23(30)16-6-3-14(25)10-18(16)26/h3-11,23,27,30H,12H2,1-2H3,(H,28,29). The summed E-state index contributed by atoms with van der Waals surface area (Å²) < 4.78 is 52.0. The lowest BCUT2D eigenvalue weighted by Crippen LogP contribution is -2.33. The highest BCUT2D eigenvalue weighted by molar-refractivity contribution is 7.89. The van der Waals surface area contributed by atoms with E-state index in [-0.39, 0.29) is 37.5 Å². The molecule has 0 bridgehead atoms. The number of ether oxygens (including phenoxy) is 2. The van der Waals surface area contributed by atoms with Crippen LogP contribution in [0.4, 0.5) is 10.1 Å². The third-order valence-corrected chi connectivity index (χ3v) is 6.80. The van der Waals surface area contributed by atoms with Gasteiger partial charge in [-0.15, -0.1) is 0 Å². The Hall–Kier alpha value is -2.89. The number of hydrogen-bond donors (Lipinski definition) is 3. The fraction of sp³-hybridized carbons (Fsp3) is 0.174. The summed E-state index contributed by atoms with van der Waals surface area (Å²) in [5, 5.41) is 13.7. The molecule has 3 N–H and O–H groups in total. The summed E-state index contributed by atoms with van der Waals surface area (Å²) in [6.07, 6.45) is -1.48.